The first kappa shape index (κ1) is 13.6. The monoisotopic (exact) mass is 240 g/mol. The molecule has 5 N–H and O–H groups in total. The van der Waals surface area contributed by atoms with Crippen LogP contribution in [0, 0.1) is 0 Å². The number of nitrogens with one attached hydrogen (secondary N) is 1. The fourth-order valence-corrected chi connectivity index (χ4v) is 1.12. The van der Waals surface area contributed by atoms with Gasteiger partial charge in [-0.25, -0.2) is 0 Å². The molecule has 0 bridgehead atoms. The topological polar surface area (TPSA) is 105 Å². The summed E-state index contributed by atoms with van der Waals surface area (Å²) < 4.78 is 0. The van der Waals surface area contributed by atoms with Crippen molar-refractivity contribution < 1.29 is 20.4 Å². The second-order valence-electron chi connectivity index (χ2n) is 3.49. The Balaban J connectivity index is 2.43. The van der Waals surface area contributed by atoms with Gasteiger partial charge in [0, 0.05) is 0 Å². The van der Waals surface area contributed by atoms with E-state index in [1.165, 1.54) is 0 Å². The van der Waals surface area contributed by atoms with E-state index in [0.717, 1.165) is 11.9 Å². The first-order chi connectivity index (χ1) is 8.15. The molecule has 0 spiro atoms. The predicted octanol–water partition coefficient (Wildman–Crippen LogP) is -0.841. The van der Waals surface area contributed by atoms with E-state index < -0.39 is 24.9 Å². The minimum Gasteiger partial charge on any atom is -0.394 e. The second-order valence-corrected chi connectivity index (χ2v) is 3.49. The van der Waals surface area contributed by atoms with Crippen LogP contribution in [0.4, 0.5) is 5.69 Å². The number of aliphatic hydroxyl groups excluding tert-OH is 4. The second kappa shape index (κ2) is 6.97. The third-order valence-corrected chi connectivity index (χ3v) is 2.13. The van der Waals surface area contributed by atoms with Gasteiger partial charge in [-0.15, -0.1) is 0 Å². The van der Waals surface area contributed by atoms with Crippen molar-refractivity contribution in [1.29, 1.82) is 0 Å². The van der Waals surface area contributed by atoms with E-state index in [1.807, 2.05) is 18.2 Å². The Morgan fingerprint density at radius 2 is 1.82 bits per heavy atom. The Kier molecular flexibility index (Phi) is 5.58. The van der Waals surface area contributed by atoms with Crippen molar-refractivity contribution in [2.45, 2.75) is 18.3 Å². The molecule has 1 rings (SSSR count). The van der Waals surface area contributed by atoms with Crippen LogP contribution in [0.25, 0.3) is 0 Å². The highest BCUT2D eigenvalue weighted by Gasteiger charge is 2.22. The number of benzene rings is 1. The Bertz CT molecular complexity index is 345. The molecule has 3 atom stereocenters. The van der Waals surface area contributed by atoms with Crippen LogP contribution >= 0.6 is 0 Å². The Labute approximate surface area is 98.8 Å². The zero-order valence-corrected chi connectivity index (χ0v) is 9.14. The van der Waals surface area contributed by atoms with Gasteiger partial charge in [0.2, 0.25) is 0 Å². The van der Waals surface area contributed by atoms with Gasteiger partial charge in [0.15, 0.2) is 0 Å². The maximum atomic E-state index is 9.39. The van der Waals surface area contributed by atoms with Crippen molar-refractivity contribution in [1.82, 2.24) is 0 Å². The number of para-hydroxylation sites is 1. The van der Waals surface area contributed by atoms with Crippen molar-refractivity contribution >= 4 is 11.9 Å². The lowest BCUT2D eigenvalue weighted by Crippen LogP contribution is -2.40. The molecule has 1 aromatic carbocycles. The molecular formula is C11H16N2O4. The fraction of sp³-hybridized carbons (Fsp3) is 0.364. The van der Waals surface area contributed by atoms with E-state index in [2.05, 4.69) is 10.5 Å². The van der Waals surface area contributed by atoms with Crippen LogP contribution in [-0.4, -0.2) is 51.6 Å². The van der Waals surface area contributed by atoms with E-state index in [9.17, 15) is 10.2 Å². The molecule has 0 aliphatic carbocycles. The summed E-state index contributed by atoms with van der Waals surface area (Å²) in [6.45, 7) is -0.627. The number of hydrogen-bond donors (Lipinski definition) is 5. The lowest BCUT2D eigenvalue weighted by Gasteiger charge is -2.18. The van der Waals surface area contributed by atoms with Crippen molar-refractivity contribution in [2.24, 2.45) is 5.10 Å². The van der Waals surface area contributed by atoms with Gasteiger partial charge in [-0.1, -0.05) is 18.2 Å². The van der Waals surface area contributed by atoms with Crippen LogP contribution in [0.5, 0.6) is 0 Å². The highest BCUT2D eigenvalue weighted by Crippen LogP contribution is 2.04. The largest absolute Gasteiger partial charge is 0.394 e. The molecule has 17 heavy (non-hydrogen) atoms. The Morgan fingerprint density at radius 3 is 2.41 bits per heavy atom. The zero-order chi connectivity index (χ0) is 12.7. The molecule has 0 fully saturated rings. The third kappa shape index (κ3) is 4.49. The molecule has 0 heterocycles. The average molecular weight is 240 g/mol. The van der Waals surface area contributed by atoms with E-state index in [4.69, 9.17) is 10.2 Å². The normalized spacial score (nSPS) is 16.7. The number of hydrazone groups is 1. The summed E-state index contributed by atoms with van der Waals surface area (Å²) in [6.07, 6.45) is -3.17. The summed E-state index contributed by atoms with van der Waals surface area (Å²) in [4.78, 5) is 0. The molecule has 0 saturated heterocycles. The zero-order valence-electron chi connectivity index (χ0n) is 9.14. The first-order valence-electron chi connectivity index (χ1n) is 5.14. The maximum Gasteiger partial charge on any atom is 0.119 e. The van der Waals surface area contributed by atoms with Crippen LogP contribution in [0.2, 0.25) is 0 Å². The Hall–Kier alpha value is -1.47. The molecule has 0 amide bonds. The molecule has 0 aromatic heterocycles. The van der Waals surface area contributed by atoms with E-state index >= 15 is 0 Å². The van der Waals surface area contributed by atoms with Gasteiger partial charge in [0.05, 0.1) is 18.5 Å². The van der Waals surface area contributed by atoms with Crippen molar-refractivity contribution in [3.8, 4) is 0 Å². The molecule has 6 nitrogen and oxygen atoms in total. The molecule has 0 aliphatic rings. The molecule has 94 valence electrons. The first-order valence-corrected chi connectivity index (χ1v) is 5.14. The number of hydrogen-bond acceptors (Lipinski definition) is 6. The van der Waals surface area contributed by atoms with Gasteiger partial charge < -0.3 is 20.4 Å². The lowest BCUT2D eigenvalue weighted by atomic mass is 10.1. The van der Waals surface area contributed by atoms with Gasteiger partial charge in [0.25, 0.3) is 0 Å². The summed E-state index contributed by atoms with van der Waals surface area (Å²) in [6, 6.07) is 9.05. The van der Waals surface area contributed by atoms with Crippen molar-refractivity contribution in [3.63, 3.8) is 0 Å². The van der Waals surface area contributed by atoms with Crippen molar-refractivity contribution in [2.75, 3.05) is 12.0 Å². The van der Waals surface area contributed by atoms with E-state index in [0.29, 0.717) is 0 Å². The molecule has 1 aromatic rings. The highest BCUT2D eigenvalue weighted by molar-refractivity contribution is 5.65. The molecule has 0 saturated carbocycles. The predicted molar refractivity (Wildman–Crippen MR) is 63.7 cm³/mol. The van der Waals surface area contributed by atoms with Gasteiger partial charge >= 0.3 is 0 Å². The number of nitrogens with zero attached hydrogens (tertiary/aromatic N) is 1. The van der Waals surface area contributed by atoms with Crippen LogP contribution in [0.1, 0.15) is 0 Å². The summed E-state index contributed by atoms with van der Waals surface area (Å²) in [7, 11) is 0. The number of anilines is 1. The van der Waals surface area contributed by atoms with Gasteiger partial charge in [-0.2, -0.15) is 5.10 Å². The summed E-state index contributed by atoms with van der Waals surface area (Å²) in [5.74, 6) is 0. The standard InChI is InChI=1S/C11H16N2O4/c14-7-10(16)11(17)9(15)6-12-13-8-4-2-1-3-5-8/h1-6,9-11,13-17H,7H2/t9-,10-,11+/m0/s1. The van der Waals surface area contributed by atoms with Crippen LogP contribution in [-0.2, 0) is 0 Å². The summed E-state index contributed by atoms with van der Waals surface area (Å²) in [5.41, 5.74) is 3.37. The third-order valence-electron chi connectivity index (χ3n) is 2.13. The average Bonchev–Trinajstić information content (AvgIpc) is 2.38. The van der Waals surface area contributed by atoms with Gasteiger partial charge in [-0.3, -0.25) is 5.43 Å². The molecule has 0 unspecified atom stereocenters. The molecular weight excluding hydrogens is 224 g/mol. The van der Waals surface area contributed by atoms with E-state index in [-0.39, 0.29) is 0 Å². The highest BCUT2D eigenvalue weighted by atomic mass is 16.4. The number of aliphatic hydroxyl groups is 4. The van der Waals surface area contributed by atoms with E-state index in [1.54, 1.807) is 12.1 Å². The number of rotatable bonds is 6. The SMILES string of the molecule is OC[C@H](O)[C@H](O)[C@@H](O)C=NNc1ccccc1. The van der Waals surface area contributed by atoms with Gasteiger partial charge in [0.1, 0.15) is 18.3 Å². The maximum absolute atomic E-state index is 9.39. The smallest absolute Gasteiger partial charge is 0.119 e. The minimum absolute atomic E-state index is 0.627. The van der Waals surface area contributed by atoms with Crippen LogP contribution in [0.3, 0.4) is 0 Å². The quantitative estimate of drug-likeness (QED) is 0.329. The minimum atomic E-state index is -1.47. The summed E-state index contributed by atoms with van der Waals surface area (Å²) in [5, 5.41) is 40.0. The Morgan fingerprint density at radius 1 is 1.18 bits per heavy atom. The molecule has 0 radical (unpaired) electrons. The van der Waals surface area contributed by atoms with Gasteiger partial charge in [-0.05, 0) is 12.1 Å². The van der Waals surface area contributed by atoms with Crippen molar-refractivity contribution in [3.05, 3.63) is 30.3 Å². The lowest BCUT2D eigenvalue weighted by molar-refractivity contribution is -0.0541. The van der Waals surface area contributed by atoms with Crippen LogP contribution in [0.15, 0.2) is 35.4 Å². The summed E-state index contributed by atoms with van der Waals surface area (Å²) >= 11 is 0. The molecule has 6 heteroatoms. The fourth-order valence-electron chi connectivity index (χ4n) is 1.12. The van der Waals surface area contributed by atoms with Crippen LogP contribution < -0.4 is 5.43 Å². The molecule has 0 aliphatic heterocycles.